The van der Waals surface area contributed by atoms with Crippen LogP contribution in [-0.2, 0) is 9.53 Å². The first-order valence-electron chi connectivity index (χ1n) is 7.42. The number of esters is 1. The third-order valence-electron chi connectivity index (χ3n) is 3.56. The molecule has 0 unspecified atom stereocenters. The van der Waals surface area contributed by atoms with Crippen molar-refractivity contribution in [3.05, 3.63) is 64.9 Å². The molecule has 122 valence electrons. The number of methoxy groups -OCH3 is 2. The van der Waals surface area contributed by atoms with Crippen LogP contribution >= 0.6 is 0 Å². The molecule has 0 aromatic heterocycles. The van der Waals surface area contributed by atoms with Gasteiger partial charge in [0.2, 0.25) is 5.90 Å². The standard InChI is InChI=1S/C19H17NO4/c1-12-5-4-6-14(7-12)18-20-17(19(21)24-18)10-13-8-15(22-2)11-16(9-13)23-3/h4-11H,1-3H3. The number of aryl methyl sites for hydroxylation is 1. The van der Waals surface area contributed by atoms with E-state index in [1.165, 1.54) is 0 Å². The highest BCUT2D eigenvalue weighted by Gasteiger charge is 2.24. The lowest BCUT2D eigenvalue weighted by atomic mass is 10.1. The Bertz CT molecular complexity index is 830. The van der Waals surface area contributed by atoms with Crippen LogP contribution in [-0.4, -0.2) is 26.1 Å². The Morgan fingerprint density at radius 1 is 1.04 bits per heavy atom. The molecule has 0 atom stereocenters. The van der Waals surface area contributed by atoms with Crippen molar-refractivity contribution in [2.45, 2.75) is 6.92 Å². The first-order valence-corrected chi connectivity index (χ1v) is 7.42. The number of aliphatic imine (C=N–C) groups is 1. The van der Waals surface area contributed by atoms with Gasteiger partial charge >= 0.3 is 5.97 Å². The third-order valence-corrected chi connectivity index (χ3v) is 3.56. The lowest BCUT2D eigenvalue weighted by molar-refractivity contribution is -0.129. The summed E-state index contributed by atoms with van der Waals surface area (Å²) in [6.07, 6.45) is 1.65. The molecule has 0 radical (unpaired) electrons. The minimum atomic E-state index is -0.478. The molecular formula is C19H17NO4. The topological polar surface area (TPSA) is 57.1 Å². The highest BCUT2D eigenvalue weighted by Crippen LogP contribution is 2.26. The van der Waals surface area contributed by atoms with Gasteiger partial charge in [-0.15, -0.1) is 0 Å². The fourth-order valence-electron chi connectivity index (χ4n) is 2.38. The summed E-state index contributed by atoms with van der Waals surface area (Å²) in [5, 5.41) is 0. The Kier molecular flexibility index (Phi) is 4.33. The molecule has 0 saturated carbocycles. The van der Waals surface area contributed by atoms with Crippen molar-refractivity contribution in [1.82, 2.24) is 0 Å². The normalized spacial score (nSPS) is 15.2. The quantitative estimate of drug-likeness (QED) is 0.639. The van der Waals surface area contributed by atoms with E-state index in [4.69, 9.17) is 14.2 Å². The fraction of sp³-hybridized carbons (Fsp3) is 0.158. The number of cyclic esters (lactones) is 1. The average molecular weight is 323 g/mol. The second-order valence-corrected chi connectivity index (χ2v) is 5.35. The number of carbonyl (C=O) groups excluding carboxylic acids is 1. The molecule has 5 heteroatoms. The van der Waals surface area contributed by atoms with Crippen LogP contribution in [0.5, 0.6) is 11.5 Å². The van der Waals surface area contributed by atoms with E-state index in [2.05, 4.69) is 4.99 Å². The van der Waals surface area contributed by atoms with Gasteiger partial charge in [0.1, 0.15) is 11.5 Å². The number of benzene rings is 2. The summed E-state index contributed by atoms with van der Waals surface area (Å²) in [5.41, 5.74) is 2.82. The van der Waals surface area contributed by atoms with Crippen molar-refractivity contribution in [3.63, 3.8) is 0 Å². The van der Waals surface area contributed by atoms with Crippen LogP contribution < -0.4 is 9.47 Å². The zero-order chi connectivity index (χ0) is 17.1. The second-order valence-electron chi connectivity index (χ2n) is 5.35. The Morgan fingerprint density at radius 3 is 2.38 bits per heavy atom. The molecule has 0 N–H and O–H groups in total. The molecule has 1 aliphatic heterocycles. The molecule has 24 heavy (non-hydrogen) atoms. The summed E-state index contributed by atoms with van der Waals surface area (Å²) in [6, 6.07) is 13.0. The molecule has 5 nitrogen and oxygen atoms in total. The highest BCUT2D eigenvalue weighted by molar-refractivity contribution is 6.12. The maximum absolute atomic E-state index is 12.1. The molecular weight excluding hydrogens is 306 g/mol. The summed E-state index contributed by atoms with van der Waals surface area (Å²) < 4.78 is 15.7. The number of hydrogen-bond acceptors (Lipinski definition) is 5. The van der Waals surface area contributed by atoms with Crippen molar-refractivity contribution < 1.29 is 19.0 Å². The highest BCUT2D eigenvalue weighted by atomic mass is 16.6. The summed E-state index contributed by atoms with van der Waals surface area (Å²) in [7, 11) is 3.15. The maximum atomic E-state index is 12.1. The average Bonchev–Trinajstić information content (AvgIpc) is 2.95. The van der Waals surface area contributed by atoms with E-state index in [0.29, 0.717) is 17.4 Å². The van der Waals surface area contributed by atoms with Crippen molar-refractivity contribution in [2.24, 2.45) is 4.99 Å². The summed E-state index contributed by atoms with van der Waals surface area (Å²) in [6.45, 7) is 1.97. The van der Waals surface area contributed by atoms with E-state index in [9.17, 15) is 4.79 Å². The first kappa shape index (κ1) is 15.8. The van der Waals surface area contributed by atoms with Crippen LogP contribution in [0.3, 0.4) is 0 Å². The molecule has 2 aromatic rings. The van der Waals surface area contributed by atoms with Gasteiger partial charge in [-0.05, 0) is 42.8 Å². The van der Waals surface area contributed by atoms with E-state index in [1.807, 2.05) is 31.2 Å². The number of nitrogens with zero attached hydrogens (tertiary/aromatic N) is 1. The van der Waals surface area contributed by atoms with Crippen LogP contribution in [0.15, 0.2) is 53.2 Å². The number of hydrogen-bond donors (Lipinski definition) is 0. The molecule has 1 aliphatic rings. The zero-order valence-corrected chi connectivity index (χ0v) is 13.7. The van der Waals surface area contributed by atoms with Gasteiger partial charge in [0.25, 0.3) is 0 Å². The van der Waals surface area contributed by atoms with Gasteiger partial charge in [-0.1, -0.05) is 17.7 Å². The van der Waals surface area contributed by atoms with Crippen LogP contribution in [0.1, 0.15) is 16.7 Å². The van der Waals surface area contributed by atoms with Crippen LogP contribution in [0, 0.1) is 6.92 Å². The van der Waals surface area contributed by atoms with E-state index < -0.39 is 5.97 Å². The summed E-state index contributed by atoms with van der Waals surface area (Å²) in [4.78, 5) is 16.4. The summed E-state index contributed by atoms with van der Waals surface area (Å²) >= 11 is 0. The predicted molar refractivity (Wildman–Crippen MR) is 91.3 cm³/mol. The first-order chi connectivity index (χ1) is 11.6. The van der Waals surface area contributed by atoms with Crippen molar-refractivity contribution in [2.75, 3.05) is 14.2 Å². The van der Waals surface area contributed by atoms with Gasteiger partial charge in [0, 0.05) is 11.6 Å². The molecule has 0 bridgehead atoms. The maximum Gasteiger partial charge on any atom is 0.363 e. The minimum absolute atomic E-state index is 0.238. The van der Waals surface area contributed by atoms with Crippen molar-refractivity contribution in [3.8, 4) is 11.5 Å². The molecule has 0 amide bonds. The van der Waals surface area contributed by atoms with Gasteiger partial charge < -0.3 is 14.2 Å². The Hall–Kier alpha value is -3.08. The Labute approximate surface area is 140 Å². The van der Waals surface area contributed by atoms with Crippen LogP contribution in [0.25, 0.3) is 6.08 Å². The minimum Gasteiger partial charge on any atom is -0.497 e. The van der Waals surface area contributed by atoms with Gasteiger partial charge in [0.05, 0.1) is 14.2 Å². The lowest BCUT2D eigenvalue weighted by Crippen LogP contribution is -2.05. The van der Waals surface area contributed by atoms with Gasteiger partial charge in [-0.25, -0.2) is 9.79 Å². The van der Waals surface area contributed by atoms with Crippen LogP contribution in [0.2, 0.25) is 0 Å². The van der Waals surface area contributed by atoms with E-state index in [0.717, 1.165) is 16.7 Å². The van der Waals surface area contributed by atoms with Crippen molar-refractivity contribution in [1.29, 1.82) is 0 Å². The third kappa shape index (κ3) is 3.30. The van der Waals surface area contributed by atoms with Gasteiger partial charge in [-0.3, -0.25) is 0 Å². The van der Waals surface area contributed by atoms with E-state index >= 15 is 0 Å². The Morgan fingerprint density at radius 2 is 1.75 bits per heavy atom. The van der Waals surface area contributed by atoms with E-state index in [-0.39, 0.29) is 5.70 Å². The molecule has 2 aromatic carbocycles. The monoisotopic (exact) mass is 323 g/mol. The molecule has 0 saturated heterocycles. The molecule has 0 aliphatic carbocycles. The summed E-state index contributed by atoms with van der Waals surface area (Å²) in [5.74, 6) is 1.10. The Balaban J connectivity index is 1.97. The van der Waals surface area contributed by atoms with Gasteiger partial charge in [-0.2, -0.15) is 0 Å². The zero-order valence-electron chi connectivity index (χ0n) is 13.7. The SMILES string of the molecule is COc1cc(C=C2N=C(c3cccc(C)c3)OC2=O)cc(OC)c1. The number of ether oxygens (including phenoxy) is 3. The lowest BCUT2D eigenvalue weighted by Gasteiger charge is -2.05. The fourth-order valence-corrected chi connectivity index (χ4v) is 2.38. The second kappa shape index (κ2) is 6.58. The predicted octanol–water partition coefficient (Wildman–Crippen LogP) is 3.36. The molecule has 0 spiro atoms. The van der Waals surface area contributed by atoms with E-state index in [1.54, 1.807) is 38.5 Å². The number of rotatable bonds is 4. The van der Waals surface area contributed by atoms with Crippen molar-refractivity contribution >= 4 is 17.9 Å². The largest absolute Gasteiger partial charge is 0.497 e. The van der Waals surface area contributed by atoms with Gasteiger partial charge in [0.15, 0.2) is 5.70 Å². The molecule has 0 fully saturated rings. The molecule has 1 heterocycles. The van der Waals surface area contributed by atoms with Crippen LogP contribution in [0.4, 0.5) is 0 Å². The molecule has 3 rings (SSSR count). The number of carbonyl (C=O) groups is 1. The smallest absolute Gasteiger partial charge is 0.363 e.